The van der Waals surface area contributed by atoms with E-state index in [1.54, 1.807) is 48.8 Å². The number of halogens is 2. The fraction of sp³-hybridized carbons (Fsp3) is 0.0500. The molecule has 0 radical (unpaired) electrons. The Balaban J connectivity index is 1.44. The summed E-state index contributed by atoms with van der Waals surface area (Å²) in [4.78, 5) is 20.6. The van der Waals surface area contributed by atoms with Crippen molar-refractivity contribution >= 4 is 45.9 Å². The van der Waals surface area contributed by atoms with Crippen molar-refractivity contribution in [1.82, 2.24) is 9.97 Å². The number of carbonyl (C=O) groups is 1. The molecule has 2 heterocycles. The molecule has 0 atom stereocenters. The van der Waals surface area contributed by atoms with Gasteiger partial charge in [0.2, 0.25) is 5.89 Å². The van der Waals surface area contributed by atoms with Gasteiger partial charge in [-0.2, -0.15) is 0 Å². The molecule has 4 rings (SSSR count). The smallest absolute Gasteiger partial charge is 0.262 e. The van der Waals surface area contributed by atoms with Gasteiger partial charge in [0.25, 0.3) is 5.91 Å². The minimum absolute atomic E-state index is 0.196. The van der Waals surface area contributed by atoms with Crippen molar-refractivity contribution in [2.75, 3.05) is 11.9 Å². The van der Waals surface area contributed by atoms with Crippen molar-refractivity contribution in [3.8, 4) is 17.2 Å². The Bertz CT molecular complexity index is 1150. The SMILES string of the molecule is O=C(COc1ccc(Cl)cc1Cl)Nc1ccc2nc(-c3ccncc3)oc2c1. The Kier molecular flexibility index (Phi) is 5.14. The molecule has 4 aromatic rings. The second kappa shape index (κ2) is 7.88. The Morgan fingerprint density at radius 1 is 1.07 bits per heavy atom. The van der Waals surface area contributed by atoms with Gasteiger partial charge in [-0.1, -0.05) is 23.2 Å². The van der Waals surface area contributed by atoms with Gasteiger partial charge >= 0.3 is 0 Å². The van der Waals surface area contributed by atoms with Gasteiger partial charge in [-0.3, -0.25) is 9.78 Å². The predicted molar refractivity (Wildman–Crippen MR) is 108 cm³/mol. The summed E-state index contributed by atoms with van der Waals surface area (Å²) in [5.41, 5.74) is 2.64. The number of benzene rings is 2. The molecular formula is C20H13Cl2N3O3. The maximum atomic E-state index is 12.2. The first-order chi connectivity index (χ1) is 13.6. The van der Waals surface area contributed by atoms with Crippen LogP contribution in [0.4, 0.5) is 5.69 Å². The van der Waals surface area contributed by atoms with Crippen molar-refractivity contribution < 1.29 is 13.9 Å². The van der Waals surface area contributed by atoms with E-state index in [0.29, 0.717) is 38.5 Å². The molecule has 0 aliphatic rings. The van der Waals surface area contributed by atoms with Crippen LogP contribution in [0, 0.1) is 0 Å². The summed E-state index contributed by atoms with van der Waals surface area (Å²) in [6, 6.07) is 13.6. The zero-order valence-corrected chi connectivity index (χ0v) is 15.9. The van der Waals surface area contributed by atoms with Gasteiger partial charge in [0.1, 0.15) is 11.3 Å². The van der Waals surface area contributed by atoms with Crippen LogP contribution in [0.25, 0.3) is 22.6 Å². The fourth-order valence-corrected chi connectivity index (χ4v) is 3.02. The lowest BCUT2D eigenvalue weighted by Gasteiger charge is -2.09. The number of rotatable bonds is 5. The largest absolute Gasteiger partial charge is 0.482 e. The van der Waals surface area contributed by atoms with Crippen molar-refractivity contribution in [1.29, 1.82) is 0 Å². The molecule has 28 heavy (non-hydrogen) atoms. The fourth-order valence-electron chi connectivity index (χ4n) is 2.55. The highest BCUT2D eigenvalue weighted by Gasteiger charge is 2.11. The van der Waals surface area contributed by atoms with Crippen molar-refractivity contribution in [3.05, 3.63) is 71.0 Å². The van der Waals surface area contributed by atoms with E-state index >= 15 is 0 Å². The van der Waals surface area contributed by atoms with Crippen LogP contribution in [-0.2, 0) is 4.79 Å². The highest BCUT2D eigenvalue weighted by Crippen LogP contribution is 2.28. The third-order valence-electron chi connectivity index (χ3n) is 3.85. The second-order valence-electron chi connectivity index (χ2n) is 5.85. The minimum Gasteiger partial charge on any atom is -0.482 e. The molecule has 0 spiro atoms. The molecule has 0 bridgehead atoms. The Labute approximate surface area is 170 Å². The summed E-state index contributed by atoms with van der Waals surface area (Å²) >= 11 is 11.9. The monoisotopic (exact) mass is 413 g/mol. The predicted octanol–water partition coefficient (Wildman–Crippen LogP) is 5.21. The van der Waals surface area contributed by atoms with Crippen LogP contribution in [0.15, 0.2) is 65.3 Å². The molecule has 2 aromatic carbocycles. The lowest BCUT2D eigenvalue weighted by atomic mass is 10.3. The van der Waals surface area contributed by atoms with Crippen molar-refractivity contribution in [2.24, 2.45) is 0 Å². The number of amides is 1. The highest BCUT2D eigenvalue weighted by atomic mass is 35.5. The van der Waals surface area contributed by atoms with Gasteiger partial charge in [-0.15, -0.1) is 0 Å². The van der Waals surface area contributed by atoms with Crippen LogP contribution in [0.2, 0.25) is 10.0 Å². The van der Waals surface area contributed by atoms with E-state index < -0.39 is 0 Å². The molecule has 0 fully saturated rings. The van der Waals surface area contributed by atoms with E-state index in [-0.39, 0.29) is 12.5 Å². The first-order valence-electron chi connectivity index (χ1n) is 8.27. The molecule has 0 aliphatic heterocycles. The van der Waals surface area contributed by atoms with Gasteiger partial charge < -0.3 is 14.5 Å². The van der Waals surface area contributed by atoms with Crippen LogP contribution < -0.4 is 10.1 Å². The zero-order valence-electron chi connectivity index (χ0n) is 14.4. The Morgan fingerprint density at radius 2 is 1.89 bits per heavy atom. The first-order valence-corrected chi connectivity index (χ1v) is 9.03. The molecular weight excluding hydrogens is 401 g/mol. The number of hydrogen-bond acceptors (Lipinski definition) is 5. The van der Waals surface area contributed by atoms with E-state index in [4.69, 9.17) is 32.4 Å². The molecule has 0 aliphatic carbocycles. The number of nitrogens with zero attached hydrogens (tertiary/aromatic N) is 2. The number of anilines is 1. The zero-order chi connectivity index (χ0) is 19.5. The maximum absolute atomic E-state index is 12.2. The number of carbonyl (C=O) groups excluding carboxylic acids is 1. The normalized spacial score (nSPS) is 10.8. The van der Waals surface area contributed by atoms with E-state index in [1.165, 1.54) is 0 Å². The average Bonchev–Trinajstić information content (AvgIpc) is 3.11. The van der Waals surface area contributed by atoms with Crippen molar-refractivity contribution in [3.63, 3.8) is 0 Å². The molecule has 0 saturated carbocycles. The van der Waals surface area contributed by atoms with Gasteiger partial charge in [-0.05, 0) is 42.5 Å². The molecule has 6 nitrogen and oxygen atoms in total. The molecule has 140 valence electrons. The van der Waals surface area contributed by atoms with Gasteiger partial charge in [0.15, 0.2) is 12.2 Å². The number of ether oxygens (including phenoxy) is 1. The van der Waals surface area contributed by atoms with Crippen LogP contribution in [0.5, 0.6) is 5.75 Å². The molecule has 0 unspecified atom stereocenters. The summed E-state index contributed by atoms with van der Waals surface area (Å²) in [7, 11) is 0. The van der Waals surface area contributed by atoms with Gasteiger partial charge in [0.05, 0.1) is 5.02 Å². The van der Waals surface area contributed by atoms with Gasteiger partial charge in [-0.25, -0.2) is 4.98 Å². The number of oxazole rings is 1. The van der Waals surface area contributed by atoms with E-state index in [0.717, 1.165) is 5.56 Å². The average molecular weight is 414 g/mol. The summed E-state index contributed by atoms with van der Waals surface area (Å²) in [6.07, 6.45) is 3.34. The Morgan fingerprint density at radius 3 is 2.68 bits per heavy atom. The number of nitrogens with one attached hydrogen (secondary N) is 1. The molecule has 0 saturated heterocycles. The van der Waals surface area contributed by atoms with E-state index in [1.807, 2.05) is 12.1 Å². The van der Waals surface area contributed by atoms with Gasteiger partial charge in [0, 0.05) is 34.7 Å². The quantitative estimate of drug-likeness (QED) is 0.485. The Hall–Kier alpha value is -3.09. The second-order valence-corrected chi connectivity index (χ2v) is 6.69. The summed E-state index contributed by atoms with van der Waals surface area (Å²) in [6.45, 7) is -0.196. The third kappa shape index (κ3) is 4.08. The van der Waals surface area contributed by atoms with Crippen LogP contribution in [0.1, 0.15) is 0 Å². The van der Waals surface area contributed by atoms with Crippen LogP contribution in [0.3, 0.4) is 0 Å². The van der Waals surface area contributed by atoms with Crippen LogP contribution in [-0.4, -0.2) is 22.5 Å². The summed E-state index contributed by atoms with van der Waals surface area (Å²) < 4.78 is 11.2. The van der Waals surface area contributed by atoms with Crippen molar-refractivity contribution in [2.45, 2.75) is 0 Å². The maximum Gasteiger partial charge on any atom is 0.262 e. The van der Waals surface area contributed by atoms with E-state index in [2.05, 4.69) is 15.3 Å². The number of hydrogen-bond donors (Lipinski definition) is 1. The number of fused-ring (bicyclic) bond motifs is 1. The third-order valence-corrected chi connectivity index (χ3v) is 4.38. The summed E-state index contributed by atoms with van der Waals surface area (Å²) in [5, 5.41) is 3.59. The number of aromatic nitrogens is 2. The summed E-state index contributed by atoms with van der Waals surface area (Å²) in [5.74, 6) is 0.537. The molecule has 8 heteroatoms. The van der Waals surface area contributed by atoms with Crippen LogP contribution >= 0.6 is 23.2 Å². The van der Waals surface area contributed by atoms with E-state index in [9.17, 15) is 4.79 Å². The lowest BCUT2D eigenvalue weighted by Crippen LogP contribution is -2.20. The lowest BCUT2D eigenvalue weighted by molar-refractivity contribution is -0.118. The number of pyridine rings is 1. The standard InChI is InChI=1S/C20H13Cl2N3O3/c21-13-1-4-17(15(22)9-13)27-11-19(26)24-14-2-3-16-18(10-14)28-20(25-16)12-5-7-23-8-6-12/h1-10H,11H2,(H,24,26). The highest BCUT2D eigenvalue weighted by molar-refractivity contribution is 6.35. The topological polar surface area (TPSA) is 77.2 Å². The minimum atomic E-state index is -0.334. The first kappa shape index (κ1) is 18.3. The molecule has 1 N–H and O–H groups in total. The molecule has 1 amide bonds. The molecule has 2 aromatic heterocycles.